The van der Waals surface area contributed by atoms with Crippen LogP contribution in [-0.2, 0) is 9.84 Å². The summed E-state index contributed by atoms with van der Waals surface area (Å²) in [7, 11) is -3.00. The van der Waals surface area contributed by atoms with E-state index in [1.165, 1.54) is 6.26 Å². The molecule has 1 aromatic rings. The van der Waals surface area contributed by atoms with Gasteiger partial charge in [-0.1, -0.05) is 13.8 Å². The average Bonchev–Trinajstić information content (AvgIpc) is 2.85. The van der Waals surface area contributed by atoms with E-state index in [0.717, 1.165) is 12.8 Å². The van der Waals surface area contributed by atoms with Crippen molar-refractivity contribution in [1.29, 1.82) is 0 Å². The molecule has 0 bridgehead atoms. The van der Waals surface area contributed by atoms with Crippen LogP contribution in [0.4, 0.5) is 0 Å². The Labute approximate surface area is 126 Å². The molecular formula is C15H23NO4S. The molecule has 1 aliphatic heterocycles. The van der Waals surface area contributed by atoms with Crippen LogP contribution in [0.5, 0.6) is 0 Å². The highest BCUT2D eigenvalue weighted by Gasteiger charge is 2.29. The maximum atomic E-state index is 12.6. The van der Waals surface area contributed by atoms with Gasteiger partial charge in [-0.15, -0.1) is 0 Å². The lowest BCUT2D eigenvalue weighted by molar-refractivity contribution is 0.0681. The standard InChI is InChI=1S/C15H23NO4S/c1-11(2)14-13(6-8-20-14)15(17)16-7-4-5-12(9-16)10-21(3,18)19/h6,8,11-12H,4-5,7,9-10H2,1-3H3. The van der Waals surface area contributed by atoms with Crippen LogP contribution in [-0.4, -0.2) is 44.3 Å². The molecule has 118 valence electrons. The zero-order chi connectivity index (χ0) is 15.6. The van der Waals surface area contributed by atoms with E-state index in [1.807, 2.05) is 13.8 Å². The normalized spacial score (nSPS) is 20.0. The summed E-state index contributed by atoms with van der Waals surface area (Å²) in [5, 5.41) is 0. The van der Waals surface area contributed by atoms with Crippen molar-refractivity contribution in [3.8, 4) is 0 Å². The van der Waals surface area contributed by atoms with E-state index in [4.69, 9.17) is 4.42 Å². The molecule has 5 nitrogen and oxygen atoms in total. The fourth-order valence-electron chi connectivity index (χ4n) is 2.93. The largest absolute Gasteiger partial charge is 0.468 e. The van der Waals surface area contributed by atoms with E-state index in [0.29, 0.717) is 24.4 Å². The molecule has 0 radical (unpaired) electrons. The second-order valence-corrected chi connectivity index (χ2v) is 8.39. The van der Waals surface area contributed by atoms with Crippen LogP contribution in [0.1, 0.15) is 48.7 Å². The number of sulfone groups is 1. The van der Waals surface area contributed by atoms with Gasteiger partial charge in [-0.25, -0.2) is 8.42 Å². The lowest BCUT2D eigenvalue weighted by atomic mass is 9.98. The van der Waals surface area contributed by atoms with Crippen LogP contribution in [0.25, 0.3) is 0 Å². The molecule has 1 amide bonds. The van der Waals surface area contributed by atoms with Crippen LogP contribution in [0.3, 0.4) is 0 Å². The van der Waals surface area contributed by atoms with Gasteiger partial charge in [-0.3, -0.25) is 4.79 Å². The molecule has 0 aromatic carbocycles. The third-order valence-corrected chi connectivity index (χ3v) is 4.87. The lowest BCUT2D eigenvalue weighted by Gasteiger charge is -2.32. The highest BCUT2D eigenvalue weighted by Crippen LogP contribution is 2.25. The molecule has 1 aromatic heterocycles. The molecule has 2 rings (SSSR count). The zero-order valence-electron chi connectivity index (χ0n) is 12.8. The Bertz CT molecular complexity index is 603. The van der Waals surface area contributed by atoms with E-state index >= 15 is 0 Å². The van der Waals surface area contributed by atoms with E-state index in [-0.39, 0.29) is 23.5 Å². The van der Waals surface area contributed by atoms with Crippen molar-refractivity contribution in [2.75, 3.05) is 25.1 Å². The summed E-state index contributed by atoms with van der Waals surface area (Å²) in [6, 6.07) is 1.71. The number of likely N-dealkylation sites (tertiary alicyclic amines) is 1. The minimum absolute atomic E-state index is 0.0344. The summed E-state index contributed by atoms with van der Waals surface area (Å²) in [4.78, 5) is 14.4. The molecular weight excluding hydrogens is 290 g/mol. The SMILES string of the molecule is CC(C)c1occc1C(=O)N1CCCC(CS(C)(=O)=O)C1. The van der Waals surface area contributed by atoms with Crippen LogP contribution in [0, 0.1) is 5.92 Å². The third-order valence-electron chi connectivity index (χ3n) is 3.79. The number of carbonyl (C=O) groups is 1. The number of furan rings is 1. The number of hydrogen-bond acceptors (Lipinski definition) is 4. The summed E-state index contributed by atoms with van der Waals surface area (Å²) in [6.45, 7) is 5.16. The molecule has 6 heteroatoms. The second-order valence-electron chi connectivity index (χ2n) is 6.21. The minimum Gasteiger partial charge on any atom is -0.468 e. The van der Waals surface area contributed by atoms with Gasteiger partial charge < -0.3 is 9.32 Å². The van der Waals surface area contributed by atoms with Gasteiger partial charge in [0.15, 0.2) is 0 Å². The van der Waals surface area contributed by atoms with Crippen molar-refractivity contribution < 1.29 is 17.6 Å². The molecule has 1 fully saturated rings. The fraction of sp³-hybridized carbons (Fsp3) is 0.667. The summed E-state index contributed by atoms with van der Waals surface area (Å²) >= 11 is 0. The predicted molar refractivity (Wildman–Crippen MR) is 81.1 cm³/mol. The van der Waals surface area contributed by atoms with Gasteiger partial charge >= 0.3 is 0 Å². The fourth-order valence-corrected chi connectivity index (χ4v) is 4.06. The maximum absolute atomic E-state index is 12.6. The summed E-state index contributed by atoms with van der Waals surface area (Å²) in [6.07, 6.45) is 4.50. The first-order chi connectivity index (χ1) is 9.78. The molecule has 1 atom stereocenters. The quantitative estimate of drug-likeness (QED) is 0.855. The van der Waals surface area contributed by atoms with E-state index in [2.05, 4.69) is 0 Å². The first-order valence-corrected chi connectivity index (χ1v) is 9.38. The smallest absolute Gasteiger partial charge is 0.257 e. The summed E-state index contributed by atoms with van der Waals surface area (Å²) < 4.78 is 28.3. The van der Waals surface area contributed by atoms with Crippen molar-refractivity contribution in [3.05, 3.63) is 23.7 Å². The zero-order valence-corrected chi connectivity index (χ0v) is 13.6. The maximum Gasteiger partial charge on any atom is 0.257 e. The molecule has 0 N–H and O–H groups in total. The highest BCUT2D eigenvalue weighted by atomic mass is 32.2. The molecule has 0 saturated carbocycles. The number of piperidine rings is 1. The van der Waals surface area contributed by atoms with Gasteiger partial charge in [0, 0.05) is 25.3 Å². The molecule has 1 unspecified atom stereocenters. The second kappa shape index (κ2) is 6.22. The van der Waals surface area contributed by atoms with Gasteiger partial charge in [-0.05, 0) is 24.8 Å². The number of carbonyl (C=O) groups excluding carboxylic acids is 1. The Morgan fingerprint density at radius 3 is 2.81 bits per heavy atom. The first-order valence-electron chi connectivity index (χ1n) is 7.32. The minimum atomic E-state index is -3.00. The Morgan fingerprint density at radius 2 is 2.19 bits per heavy atom. The van der Waals surface area contributed by atoms with Gasteiger partial charge in [0.1, 0.15) is 15.6 Å². The molecule has 2 heterocycles. The number of rotatable bonds is 4. The summed E-state index contributed by atoms with van der Waals surface area (Å²) in [5.74, 6) is 0.984. The molecule has 1 aliphatic rings. The topological polar surface area (TPSA) is 67.6 Å². The summed E-state index contributed by atoms with van der Waals surface area (Å²) in [5.41, 5.74) is 0.602. The number of amides is 1. The third kappa shape index (κ3) is 4.09. The van der Waals surface area contributed by atoms with Crippen molar-refractivity contribution in [2.24, 2.45) is 5.92 Å². The highest BCUT2D eigenvalue weighted by molar-refractivity contribution is 7.90. The van der Waals surface area contributed by atoms with Crippen molar-refractivity contribution in [3.63, 3.8) is 0 Å². The van der Waals surface area contributed by atoms with Crippen LogP contribution in [0.2, 0.25) is 0 Å². The van der Waals surface area contributed by atoms with Crippen molar-refractivity contribution >= 4 is 15.7 Å². The molecule has 1 saturated heterocycles. The van der Waals surface area contributed by atoms with E-state index in [9.17, 15) is 13.2 Å². The lowest BCUT2D eigenvalue weighted by Crippen LogP contribution is -2.42. The van der Waals surface area contributed by atoms with Crippen molar-refractivity contribution in [2.45, 2.75) is 32.6 Å². The molecule has 0 aliphatic carbocycles. The molecule has 0 spiro atoms. The monoisotopic (exact) mass is 313 g/mol. The molecule has 21 heavy (non-hydrogen) atoms. The van der Waals surface area contributed by atoms with Crippen molar-refractivity contribution in [1.82, 2.24) is 4.90 Å². The number of nitrogens with zero attached hydrogens (tertiary/aromatic N) is 1. The van der Waals surface area contributed by atoms with Crippen LogP contribution < -0.4 is 0 Å². The Hall–Kier alpha value is -1.30. The van der Waals surface area contributed by atoms with Gasteiger partial charge in [0.2, 0.25) is 0 Å². The van der Waals surface area contributed by atoms with Gasteiger partial charge in [0.25, 0.3) is 5.91 Å². The Kier molecular flexibility index (Phi) is 4.76. The van der Waals surface area contributed by atoms with E-state index < -0.39 is 9.84 Å². The van der Waals surface area contributed by atoms with Gasteiger partial charge in [0.05, 0.1) is 17.6 Å². The van der Waals surface area contributed by atoms with E-state index in [1.54, 1.807) is 17.2 Å². The van der Waals surface area contributed by atoms with Crippen LogP contribution >= 0.6 is 0 Å². The Morgan fingerprint density at radius 1 is 1.48 bits per heavy atom. The average molecular weight is 313 g/mol. The van der Waals surface area contributed by atoms with Gasteiger partial charge in [-0.2, -0.15) is 0 Å². The first kappa shape index (κ1) is 16.1. The Balaban J connectivity index is 2.10. The van der Waals surface area contributed by atoms with Crippen LogP contribution in [0.15, 0.2) is 16.7 Å². The number of hydrogen-bond donors (Lipinski definition) is 0. The predicted octanol–water partition coefficient (Wildman–Crippen LogP) is 2.30.